The van der Waals surface area contributed by atoms with E-state index in [0.717, 1.165) is 0 Å². The maximum absolute atomic E-state index is 14.5. The van der Waals surface area contributed by atoms with Crippen LogP contribution in [-0.4, -0.2) is 80.0 Å². The number of aromatic nitrogens is 4. The average molecular weight is 813 g/mol. The Balaban J connectivity index is 1.64. The second-order valence-electron chi connectivity index (χ2n) is 17.0. The van der Waals surface area contributed by atoms with Gasteiger partial charge < -0.3 is 18.3 Å². The molecule has 16 nitrogen and oxygen atoms in total. The van der Waals surface area contributed by atoms with Gasteiger partial charge in [-0.1, -0.05) is 47.5 Å². The van der Waals surface area contributed by atoms with Crippen LogP contribution in [-0.2, 0) is 36.5 Å². The zero-order valence-electron chi connectivity index (χ0n) is 33.5. The van der Waals surface area contributed by atoms with E-state index in [0.29, 0.717) is 11.1 Å². The van der Waals surface area contributed by atoms with E-state index in [2.05, 4.69) is 83.6 Å². The van der Waals surface area contributed by atoms with Crippen molar-refractivity contribution in [2.24, 2.45) is 0 Å². The van der Waals surface area contributed by atoms with E-state index in [-0.39, 0.29) is 36.1 Å². The Morgan fingerprint density at radius 3 is 1.72 bits per heavy atom. The van der Waals surface area contributed by atoms with Crippen molar-refractivity contribution in [3.8, 4) is 12.3 Å². The van der Waals surface area contributed by atoms with Crippen molar-refractivity contribution in [2.45, 2.75) is 141 Å². The minimum absolute atomic E-state index is 0.0251. The molecule has 2 saturated heterocycles. The highest BCUT2D eigenvalue weighted by Crippen LogP contribution is 2.54. The highest BCUT2D eigenvalue weighted by Gasteiger charge is 2.49. The minimum atomic E-state index is -4.50. The number of nitrogens with one attached hydrogen (secondary N) is 2. The van der Waals surface area contributed by atoms with Crippen LogP contribution in [0.25, 0.3) is 0 Å². The monoisotopic (exact) mass is 812 g/mol. The summed E-state index contributed by atoms with van der Waals surface area (Å²) < 4.78 is 60.7. The lowest BCUT2D eigenvalue weighted by atomic mass is 10.2. The van der Waals surface area contributed by atoms with Crippen molar-refractivity contribution in [2.75, 3.05) is 19.8 Å². The third-order valence-corrected chi connectivity index (χ3v) is 21.4. The normalized spacial score (nSPS) is 25.1. The number of aryl methyl sites for hydroxylation is 2. The Bertz CT molecular complexity index is 1990. The molecular weight excluding hydrogens is 756 g/mol. The molecule has 2 fully saturated rings. The number of rotatable bonds is 14. The number of aromatic amines is 2. The molecule has 54 heavy (non-hydrogen) atoms. The molecule has 2 aliphatic heterocycles. The van der Waals surface area contributed by atoms with Crippen LogP contribution in [0.1, 0.15) is 78.0 Å². The molecule has 19 heteroatoms. The topological polar surface area (TPSA) is 191 Å². The molecule has 0 aliphatic carbocycles. The zero-order chi connectivity index (χ0) is 40.6. The van der Waals surface area contributed by atoms with Crippen molar-refractivity contribution in [3.63, 3.8) is 0 Å². The third-order valence-electron chi connectivity index (χ3n) is 10.9. The maximum Gasteiger partial charge on any atom is 0.476 e. The van der Waals surface area contributed by atoms with Crippen molar-refractivity contribution in [1.82, 2.24) is 19.1 Å². The molecule has 2 aromatic rings. The fourth-order valence-corrected chi connectivity index (χ4v) is 9.17. The first-order chi connectivity index (χ1) is 24.8. The van der Waals surface area contributed by atoms with Gasteiger partial charge in [-0.3, -0.25) is 42.3 Å². The molecule has 7 atom stereocenters. The number of H-pyrrole nitrogens is 2. The van der Waals surface area contributed by atoms with Crippen LogP contribution in [0.3, 0.4) is 0 Å². The summed E-state index contributed by atoms with van der Waals surface area (Å²) in [4.78, 5) is 54.6. The summed E-state index contributed by atoms with van der Waals surface area (Å²) in [5, 5.41) is -0.313. The molecule has 0 saturated carbocycles. The molecule has 2 aliphatic rings. The highest BCUT2D eigenvalue weighted by atomic mass is 31.2. The summed E-state index contributed by atoms with van der Waals surface area (Å²) in [6.45, 7) is 23.3. The van der Waals surface area contributed by atoms with Crippen molar-refractivity contribution < 1.29 is 36.5 Å². The molecule has 0 spiro atoms. The first kappa shape index (κ1) is 44.0. The van der Waals surface area contributed by atoms with Crippen molar-refractivity contribution >= 4 is 24.5 Å². The van der Waals surface area contributed by atoms with E-state index >= 15 is 0 Å². The lowest BCUT2D eigenvalue weighted by Crippen LogP contribution is -2.46. The zero-order valence-corrected chi connectivity index (χ0v) is 36.4. The number of hydrogen-bond donors (Lipinski definition) is 2. The van der Waals surface area contributed by atoms with Gasteiger partial charge in [0.15, 0.2) is 16.6 Å². The Morgan fingerprint density at radius 1 is 0.796 bits per heavy atom. The molecule has 4 rings (SSSR count). The SMILES string of the molecule is C#CCOP(=O)(OC[C@H]1O[C@@H](n2cc(C)c(=O)[nH]c2=O)C[C@@H]1O[Si](C)(C)C(C)(C)C)O[C@H]1C[C@H](n2cc(C)c(=O)[nH]c2=O)O[C@@H]1CO[Si](C)(C)C(C)(C)C. The predicted molar refractivity (Wildman–Crippen MR) is 208 cm³/mol. The molecule has 4 heterocycles. The second-order valence-corrected chi connectivity index (χ2v) is 28.2. The third kappa shape index (κ3) is 10.2. The number of phosphoric ester groups is 1. The van der Waals surface area contributed by atoms with Crippen LogP contribution in [0.5, 0.6) is 0 Å². The van der Waals surface area contributed by atoms with Gasteiger partial charge in [-0.2, -0.15) is 0 Å². The molecule has 0 aromatic carbocycles. The van der Waals surface area contributed by atoms with E-state index in [1.165, 1.54) is 21.5 Å². The predicted octanol–water partition coefficient (Wildman–Crippen LogP) is 4.85. The largest absolute Gasteiger partial charge is 0.476 e. The van der Waals surface area contributed by atoms with Gasteiger partial charge in [-0.05, 0) is 50.1 Å². The molecule has 0 bridgehead atoms. The van der Waals surface area contributed by atoms with Gasteiger partial charge in [0.05, 0.1) is 19.3 Å². The van der Waals surface area contributed by atoms with E-state index < -0.39 is 90.4 Å². The van der Waals surface area contributed by atoms with E-state index in [1.54, 1.807) is 13.8 Å². The summed E-state index contributed by atoms with van der Waals surface area (Å²) in [7, 11) is -9.22. The fourth-order valence-electron chi connectivity index (χ4n) is 5.48. The van der Waals surface area contributed by atoms with Gasteiger partial charge in [0.1, 0.15) is 37.4 Å². The Kier molecular flexibility index (Phi) is 13.4. The van der Waals surface area contributed by atoms with E-state index in [9.17, 15) is 23.7 Å². The molecule has 2 aromatic heterocycles. The standard InChI is InChI=1S/C35H57N4O12PSi2/c1-14-15-45-52(44,46-20-26-25(51-54(12,13)35(7,8)9)17-29(48-26)39-19-23(3)31(41)37-33(39)43)50-24-16-28(38-18-22(2)30(40)36-32(38)42)49-27(24)21-47-53(10,11)34(4,5)6/h1,18-19,24-29H,15-17,20-21H2,2-13H3,(H,36,40,42)(H,37,41,43)/t24-,25-,26+,27+,28+,29+,52?/m0/s1. The average Bonchev–Trinajstić information content (AvgIpc) is 3.63. The highest BCUT2D eigenvalue weighted by molar-refractivity contribution is 7.48. The minimum Gasteiger partial charge on any atom is -0.414 e. The van der Waals surface area contributed by atoms with Gasteiger partial charge >= 0.3 is 19.2 Å². The fraction of sp³-hybridized carbons (Fsp3) is 0.714. The lowest BCUT2D eigenvalue weighted by molar-refractivity contribution is -0.0573. The summed E-state index contributed by atoms with van der Waals surface area (Å²) in [6, 6.07) is 0. The van der Waals surface area contributed by atoms with Crippen LogP contribution in [0.4, 0.5) is 0 Å². The van der Waals surface area contributed by atoms with Crippen LogP contribution in [0.15, 0.2) is 31.6 Å². The van der Waals surface area contributed by atoms with Gasteiger partial charge in [0, 0.05) is 36.4 Å². The lowest BCUT2D eigenvalue weighted by Gasteiger charge is -2.39. The smallest absolute Gasteiger partial charge is 0.414 e. The number of ether oxygens (including phenoxy) is 2. The van der Waals surface area contributed by atoms with E-state index in [1.807, 2.05) is 0 Å². The first-order valence-corrected chi connectivity index (χ1v) is 25.3. The van der Waals surface area contributed by atoms with Gasteiger partial charge in [0.2, 0.25) is 0 Å². The molecule has 2 N–H and O–H groups in total. The molecule has 0 radical (unpaired) electrons. The van der Waals surface area contributed by atoms with Crippen LogP contribution in [0, 0.1) is 26.2 Å². The summed E-state index contributed by atoms with van der Waals surface area (Å²) in [6.07, 6.45) is 3.62. The van der Waals surface area contributed by atoms with Crippen LogP contribution in [0.2, 0.25) is 36.3 Å². The number of terminal acetylenes is 1. The van der Waals surface area contributed by atoms with Crippen molar-refractivity contribution in [1.29, 1.82) is 0 Å². The van der Waals surface area contributed by atoms with E-state index in [4.69, 9.17) is 38.3 Å². The quantitative estimate of drug-likeness (QED) is 0.150. The Morgan fingerprint density at radius 2 is 1.26 bits per heavy atom. The Hall–Kier alpha value is -2.70. The molecule has 302 valence electrons. The van der Waals surface area contributed by atoms with Gasteiger partial charge in [-0.25, -0.2) is 14.2 Å². The summed E-state index contributed by atoms with van der Waals surface area (Å²) in [5.41, 5.74) is -1.73. The number of phosphoric acid groups is 1. The van der Waals surface area contributed by atoms with Gasteiger partial charge in [-0.15, -0.1) is 6.42 Å². The molecule has 0 amide bonds. The Labute approximate surface area is 318 Å². The molecule has 1 unspecified atom stereocenters. The summed E-state index contributed by atoms with van der Waals surface area (Å²) in [5.74, 6) is 2.30. The number of hydrogen-bond acceptors (Lipinski definition) is 12. The molecular formula is C35H57N4O12PSi2. The first-order valence-electron chi connectivity index (χ1n) is 18.1. The van der Waals surface area contributed by atoms with Gasteiger partial charge in [0.25, 0.3) is 11.1 Å². The number of nitrogens with zero attached hydrogens (tertiary/aromatic N) is 2. The summed E-state index contributed by atoms with van der Waals surface area (Å²) >= 11 is 0. The van der Waals surface area contributed by atoms with Crippen LogP contribution < -0.4 is 22.5 Å². The van der Waals surface area contributed by atoms with Crippen LogP contribution >= 0.6 is 7.82 Å². The second kappa shape index (κ2) is 16.4. The van der Waals surface area contributed by atoms with Crippen molar-refractivity contribution in [3.05, 3.63) is 65.2 Å². The maximum atomic E-state index is 14.5.